The first-order valence-electron chi connectivity index (χ1n) is 10.9. The number of aliphatic imine (C=N–C) groups is 1. The number of hydrogen-bond acceptors (Lipinski definition) is 3. The molecule has 1 saturated heterocycles. The Kier molecular flexibility index (Phi) is 10.7. The van der Waals surface area contributed by atoms with Crippen molar-refractivity contribution in [1.29, 1.82) is 0 Å². The van der Waals surface area contributed by atoms with Crippen LogP contribution in [0.5, 0.6) is 0 Å². The maximum Gasteiger partial charge on any atom is 0.225 e. The molecular weight excluding hydrogens is 513 g/mol. The molecule has 1 aliphatic heterocycles. The molecule has 1 atom stereocenters. The van der Waals surface area contributed by atoms with Crippen LogP contribution in [0.25, 0.3) is 0 Å². The molecule has 0 aromatic heterocycles. The van der Waals surface area contributed by atoms with E-state index in [0.717, 1.165) is 69.6 Å². The van der Waals surface area contributed by atoms with E-state index in [1.165, 1.54) is 12.0 Å². The van der Waals surface area contributed by atoms with Crippen molar-refractivity contribution >= 4 is 47.4 Å². The normalized spacial score (nSPS) is 18.9. The summed E-state index contributed by atoms with van der Waals surface area (Å²) in [6.07, 6.45) is 3.39. The monoisotopic (exact) mass is 547 g/mol. The van der Waals surface area contributed by atoms with Gasteiger partial charge in [-0.3, -0.25) is 14.7 Å². The number of halogens is 2. The van der Waals surface area contributed by atoms with E-state index in [-0.39, 0.29) is 30.0 Å². The highest BCUT2D eigenvalue weighted by atomic mass is 127. The van der Waals surface area contributed by atoms with Gasteiger partial charge < -0.3 is 15.5 Å². The van der Waals surface area contributed by atoms with Crippen molar-refractivity contribution in [2.75, 3.05) is 45.8 Å². The molecule has 30 heavy (non-hydrogen) atoms. The van der Waals surface area contributed by atoms with Crippen molar-refractivity contribution in [3.05, 3.63) is 34.9 Å². The van der Waals surface area contributed by atoms with Gasteiger partial charge in [0, 0.05) is 50.2 Å². The van der Waals surface area contributed by atoms with Gasteiger partial charge in [0.2, 0.25) is 5.91 Å². The SMILES string of the molecule is CCNC(=NCCN1CCN(C(=O)C2CCC2)CC1)NC(C)c1ccc(Cl)cc1.I. The van der Waals surface area contributed by atoms with Crippen LogP contribution in [0.2, 0.25) is 5.02 Å². The Hall–Kier alpha value is -1.06. The average Bonchev–Trinajstić information content (AvgIpc) is 2.67. The second-order valence-electron chi connectivity index (χ2n) is 7.97. The molecule has 8 heteroatoms. The molecule has 1 aliphatic carbocycles. The average molecular weight is 548 g/mol. The van der Waals surface area contributed by atoms with E-state index in [1.54, 1.807) is 0 Å². The summed E-state index contributed by atoms with van der Waals surface area (Å²) >= 11 is 5.98. The van der Waals surface area contributed by atoms with Crippen molar-refractivity contribution in [2.45, 2.75) is 39.2 Å². The van der Waals surface area contributed by atoms with Gasteiger partial charge in [0.25, 0.3) is 0 Å². The Morgan fingerprint density at radius 2 is 1.87 bits per heavy atom. The van der Waals surface area contributed by atoms with Gasteiger partial charge in [-0.1, -0.05) is 30.2 Å². The summed E-state index contributed by atoms with van der Waals surface area (Å²) in [5.74, 6) is 1.51. The van der Waals surface area contributed by atoms with E-state index >= 15 is 0 Å². The summed E-state index contributed by atoms with van der Waals surface area (Å²) in [6.45, 7) is 10.3. The first kappa shape index (κ1) is 25.2. The standard InChI is InChI=1S/C22H34ClN5O.HI/c1-3-24-22(26-17(2)18-7-9-20(23)10-8-18)25-11-12-27-13-15-28(16-14-27)21(29)19-5-4-6-19;/h7-10,17,19H,3-6,11-16H2,1-2H3,(H2,24,25,26);1H. The van der Waals surface area contributed by atoms with Gasteiger partial charge in [-0.25, -0.2) is 0 Å². The van der Waals surface area contributed by atoms with Gasteiger partial charge >= 0.3 is 0 Å². The summed E-state index contributed by atoms with van der Waals surface area (Å²) in [7, 11) is 0. The molecule has 1 unspecified atom stereocenters. The number of hydrogen-bond donors (Lipinski definition) is 2. The molecule has 0 spiro atoms. The highest BCUT2D eigenvalue weighted by Crippen LogP contribution is 2.28. The maximum atomic E-state index is 12.4. The number of guanidine groups is 1. The van der Waals surface area contributed by atoms with Crippen molar-refractivity contribution < 1.29 is 4.79 Å². The van der Waals surface area contributed by atoms with Crippen LogP contribution < -0.4 is 10.6 Å². The fourth-order valence-corrected chi connectivity index (χ4v) is 3.89. The summed E-state index contributed by atoms with van der Waals surface area (Å²) < 4.78 is 0. The van der Waals surface area contributed by atoms with E-state index in [2.05, 4.69) is 34.3 Å². The zero-order valence-corrected chi connectivity index (χ0v) is 21.2. The topological polar surface area (TPSA) is 60.0 Å². The molecule has 1 heterocycles. The number of nitrogens with zero attached hydrogens (tertiary/aromatic N) is 3. The lowest BCUT2D eigenvalue weighted by molar-refractivity contribution is -0.139. The van der Waals surface area contributed by atoms with Gasteiger partial charge in [-0.15, -0.1) is 24.0 Å². The number of amides is 1. The minimum absolute atomic E-state index is 0. The van der Waals surface area contributed by atoms with Crippen molar-refractivity contribution in [3.8, 4) is 0 Å². The van der Waals surface area contributed by atoms with Crippen LogP contribution in [0.15, 0.2) is 29.3 Å². The number of carbonyl (C=O) groups is 1. The van der Waals surface area contributed by atoms with Gasteiger partial charge in [-0.05, 0) is 44.4 Å². The summed E-state index contributed by atoms with van der Waals surface area (Å²) in [5, 5.41) is 7.53. The Labute approximate surface area is 202 Å². The lowest BCUT2D eigenvalue weighted by atomic mass is 9.84. The van der Waals surface area contributed by atoms with E-state index in [1.807, 2.05) is 24.3 Å². The quantitative estimate of drug-likeness (QED) is 0.312. The van der Waals surface area contributed by atoms with Gasteiger partial charge in [0.15, 0.2) is 5.96 Å². The molecule has 2 aliphatic rings. The number of piperazine rings is 1. The molecule has 0 radical (unpaired) electrons. The van der Waals surface area contributed by atoms with E-state index in [4.69, 9.17) is 16.6 Å². The van der Waals surface area contributed by atoms with Crippen LogP contribution in [-0.4, -0.2) is 67.5 Å². The van der Waals surface area contributed by atoms with Crippen molar-refractivity contribution in [1.82, 2.24) is 20.4 Å². The lowest BCUT2D eigenvalue weighted by Gasteiger charge is -2.38. The van der Waals surface area contributed by atoms with E-state index < -0.39 is 0 Å². The third kappa shape index (κ3) is 7.27. The second-order valence-corrected chi connectivity index (χ2v) is 8.41. The van der Waals surface area contributed by atoms with E-state index in [9.17, 15) is 4.79 Å². The summed E-state index contributed by atoms with van der Waals surface area (Å²) in [6, 6.07) is 8.04. The number of benzene rings is 1. The Morgan fingerprint density at radius 1 is 1.20 bits per heavy atom. The zero-order valence-electron chi connectivity index (χ0n) is 18.1. The molecule has 3 rings (SSSR count). The van der Waals surface area contributed by atoms with Gasteiger partial charge in [0.05, 0.1) is 12.6 Å². The first-order valence-corrected chi connectivity index (χ1v) is 11.3. The number of rotatable bonds is 7. The zero-order chi connectivity index (χ0) is 20.6. The minimum Gasteiger partial charge on any atom is -0.357 e. The fourth-order valence-electron chi connectivity index (χ4n) is 3.77. The molecule has 1 aromatic carbocycles. The smallest absolute Gasteiger partial charge is 0.225 e. The molecule has 1 aromatic rings. The largest absolute Gasteiger partial charge is 0.357 e. The summed E-state index contributed by atoms with van der Waals surface area (Å²) in [5.41, 5.74) is 1.17. The van der Waals surface area contributed by atoms with Crippen LogP contribution in [0.3, 0.4) is 0 Å². The predicted molar refractivity (Wildman–Crippen MR) is 135 cm³/mol. The highest BCUT2D eigenvalue weighted by molar-refractivity contribution is 14.0. The van der Waals surface area contributed by atoms with Gasteiger partial charge in [0.1, 0.15) is 0 Å². The molecule has 1 saturated carbocycles. The highest BCUT2D eigenvalue weighted by Gasteiger charge is 2.30. The molecule has 1 amide bonds. The number of carbonyl (C=O) groups excluding carboxylic acids is 1. The molecule has 2 N–H and O–H groups in total. The minimum atomic E-state index is 0. The maximum absolute atomic E-state index is 12.4. The van der Waals surface area contributed by atoms with Crippen LogP contribution in [0.4, 0.5) is 0 Å². The molecular formula is C22H35ClIN5O. The van der Waals surface area contributed by atoms with Crippen LogP contribution in [0.1, 0.15) is 44.7 Å². The van der Waals surface area contributed by atoms with E-state index in [0.29, 0.717) is 11.8 Å². The lowest BCUT2D eigenvalue weighted by Crippen LogP contribution is -2.51. The second kappa shape index (κ2) is 12.7. The molecule has 2 fully saturated rings. The third-order valence-corrected chi connectivity index (χ3v) is 6.14. The Balaban J connectivity index is 0.00000320. The number of nitrogens with one attached hydrogen (secondary N) is 2. The fraction of sp³-hybridized carbons (Fsp3) is 0.636. The molecule has 6 nitrogen and oxygen atoms in total. The predicted octanol–water partition coefficient (Wildman–Crippen LogP) is 3.52. The Bertz CT molecular complexity index is 687. The summed E-state index contributed by atoms with van der Waals surface area (Å²) in [4.78, 5) is 21.6. The third-order valence-electron chi connectivity index (χ3n) is 5.89. The molecule has 0 bridgehead atoms. The Morgan fingerprint density at radius 3 is 2.43 bits per heavy atom. The van der Waals surface area contributed by atoms with Crippen molar-refractivity contribution in [3.63, 3.8) is 0 Å². The first-order chi connectivity index (χ1) is 14.1. The van der Waals surface area contributed by atoms with Crippen LogP contribution in [0, 0.1) is 5.92 Å². The van der Waals surface area contributed by atoms with Crippen LogP contribution in [-0.2, 0) is 4.79 Å². The molecule has 168 valence electrons. The van der Waals surface area contributed by atoms with Gasteiger partial charge in [-0.2, -0.15) is 0 Å². The van der Waals surface area contributed by atoms with Crippen molar-refractivity contribution in [2.24, 2.45) is 10.9 Å². The van der Waals surface area contributed by atoms with Crippen LogP contribution >= 0.6 is 35.6 Å².